The number of esters is 1. The predicted molar refractivity (Wildman–Crippen MR) is 59.1 cm³/mol. The van der Waals surface area contributed by atoms with Crippen LogP contribution in [0.4, 0.5) is 0 Å². The minimum Gasteiger partial charge on any atom is -0.461 e. The molecular weight excluding hydrogens is 176 g/mol. The van der Waals surface area contributed by atoms with Crippen molar-refractivity contribution in [2.24, 2.45) is 5.92 Å². The Bertz CT molecular complexity index is 194. The summed E-state index contributed by atoms with van der Waals surface area (Å²) in [6.07, 6.45) is 5.70. The van der Waals surface area contributed by atoms with E-state index < -0.39 is 0 Å². The van der Waals surface area contributed by atoms with Crippen LogP contribution >= 0.6 is 0 Å². The molecule has 0 aliphatic heterocycles. The fourth-order valence-corrected chi connectivity index (χ4v) is 1.09. The minimum absolute atomic E-state index is 0.209. The average Bonchev–Trinajstić information content (AvgIpc) is 2.14. The van der Waals surface area contributed by atoms with Crippen LogP contribution in [0.2, 0.25) is 0 Å². The molecular formula is C12H22O2. The van der Waals surface area contributed by atoms with E-state index >= 15 is 0 Å². The zero-order valence-electron chi connectivity index (χ0n) is 9.80. The van der Waals surface area contributed by atoms with Crippen LogP contribution in [-0.2, 0) is 9.53 Å². The molecule has 14 heavy (non-hydrogen) atoms. The molecule has 0 aliphatic rings. The first-order valence-corrected chi connectivity index (χ1v) is 5.35. The summed E-state index contributed by atoms with van der Waals surface area (Å²) < 4.78 is 4.88. The molecule has 82 valence electrons. The molecule has 0 aromatic carbocycles. The Hall–Kier alpha value is -0.790. The first-order valence-electron chi connectivity index (χ1n) is 5.35. The third kappa shape index (κ3) is 7.84. The first kappa shape index (κ1) is 13.2. The van der Waals surface area contributed by atoms with Gasteiger partial charge in [-0.05, 0) is 31.3 Å². The molecule has 0 fully saturated rings. The first-order chi connectivity index (χ1) is 6.56. The highest BCUT2D eigenvalue weighted by atomic mass is 16.5. The summed E-state index contributed by atoms with van der Waals surface area (Å²) in [6, 6.07) is 0. The molecule has 0 aromatic rings. The van der Waals surface area contributed by atoms with Crippen LogP contribution in [0.5, 0.6) is 0 Å². The molecule has 0 saturated heterocycles. The smallest absolute Gasteiger partial charge is 0.302 e. The van der Waals surface area contributed by atoms with Crippen LogP contribution in [0.25, 0.3) is 0 Å². The summed E-state index contributed by atoms with van der Waals surface area (Å²) in [7, 11) is 0. The second-order valence-electron chi connectivity index (χ2n) is 3.92. The van der Waals surface area contributed by atoms with Crippen molar-refractivity contribution >= 4 is 5.97 Å². The largest absolute Gasteiger partial charge is 0.461 e. The fourth-order valence-electron chi connectivity index (χ4n) is 1.09. The summed E-state index contributed by atoms with van der Waals surface area (Å²) in [5.41, 5.74) is 1.14. The Morgan fingerprint density at radius 3 is 2.57 bits per heavy atom. The van der Waals surface area contributed by atoms with E-state index in [1.54, 1.807) is 0 Å². The number of carbonyl (C=O) groups is 1. The Morgan fingerprint density at radius 2 is 2.07 bits per heavy atom. The van der Waals surface area contributed by atoms with Gasteiger partial charge in [0.1, 0.15) is 6.61 Å². The standard InChI is InChI=1S/C12H22O2/c1-5-10(2)7-6-8-11(3)9-14-12(4)13/h8,10H,5-7,9H2,1-4H3. The van der Waals surface area contributed by atoms with E-state index in [1.165, 1.54) is 19.8 Å². The van der Waals surface area contributed by atoms with Gasteiger partial charge in [-0.15, -0.1) is 0 Å². The molecule has 0 spiro atoms. The third-order valence-electron chi connectivity index (χ3n) is 2.35. The minimum atomic E-state index is -0.209. The topological polar surface area (TPSA) is 26.3 Å². The summed E-state index contributed by atoms with van der Waals surface area (Å²) in [5.74, 6) is 0.576. The van der Waals surface area contributed by atoms with Crippen LogP contribution in [-0.4, -0.2) is 12.6 Å². The zero-order valence-corrected chi connectivity index (χ0v) is 9.80. The monoisotopic (exact) mass is 198 g/mol. The molecule has 0 radical (unpaired) electrons. The van der Waals surface area contributed by atoms with Crippen molar-refractivity contribution in [2.75, 3.05) is 6.61 Å². The van der Waals surface area contributed by atoms with Crippen molar-refractivity contribution in [3.8, 4) is 0 Å². The molecule has 1 atom stereocenters. The quantitative estimate of drug-likeness (QED) is 0.483. The number of allylic oxidation sites excluding steroid dienone is 1. The highest BCUT2D eigenvalue weighted by molar-refractivity contribution is 5.66. The van der Waals surface area contributed by atoms with Crippen molar-refractivity contribution in [2.45, 2.75) is 47.0 Å². The summed E-state index contributed by atoms with van der Waals surface area (Å²) in [5, 5.41) is 0. The van der Waals surface area contributed by atoms with Crippen molar-refractivity contribution in [3.05, 3.63) is 11.6 Å². The molecule has 1 unspecified atom stereocenters. The molecule has 0 N–H and O–H groups in total. The van der Waals surface area contributed by atoms with Crippen molar-refractivity contribution in [1.82, 2.24) is 0 Å². The molecule has 2 heteroatoms. The number of carbonyl (C=O) groups excluding carboxylic acids is 1. The van der Waals surface area contributed by atoms with Crippen molar-refractivity contribution in [3.63, 3.8) is 0 Å². The van der Waals surface area contributed by atoms with Crippen molar-refractivity contribution < 1.29 is 9.53 Å². The van der Waals surface area contributed by atoms with Crippen LogP contribution in [0, 0.1) is 5.92 Å². The molecule has 0 amide bonds. The van der Waals surface area contributed by atoms with Crippen LogP contribution in [0.1, 0.15) is 47.0 Å². The van der Waals surface area contributed by atoms with E-state index in [-0.39, 0.29) is 5.97 Å². The highest BCUT2D eigenvalue weighted by Crippen LogP contribution is 2.10. The zero-order chi connectivity index (χ0) is 11.0. The van der Waals surface area contributed by atoms with E-state index in [1.807, 2.05) is 6.92 Å². The normalized spacial score (nSPS) is 13.9. The molecule has 0 saturated carbocycles. The van der Waals surface area contributed by atoms with Gasteiger partial charge in [0.2, 0.25) is 0 Å². The fraction of sp³-hybridized carbons (Fsp3) is 0.750. The molecule has 0 rings (SSSR count). The van der Waals surface area contributed by atoms with Gasteiger partial charge in [-0.1, -0.05) is 26.3 Å². The Kier molecular flexibility index (Phi) is 7.17. The van der Waals surface area contributed by atoms with E-state index in [0.29, 0.717) is 6.61 Å². The molecule has 0 bridgehead atoms. The van der Waals surface area contributed by atoms with Gasteiger partial charge in [0.15, 0.2) is 0 Å². The summed E-state index contributed by atoms with van der Waals surface area (Å²) in [6.45, 7) is 8.34. The summed E-state index contributed by atoms with van der Waals surface area (Å²) >= 11 is 0. The maximum atomic E-state index is 10.5. The van der Waals surface area contributed by atoms with E-state index in [9.17, 15) is 4.79 Å². The van der Waals surface area contributed by atoms with Crippen LogP contribution < -0.4 is 0 Å². The SMILES string of the molecule is CCC(C)CCC=C(C)COC(C)=O. The predicted octanol–water partition coefficient (Wildman–Crippen LogP) is 3.32. The Morgan fingerprint density at radius 1 is 1.43 bits per heavy atom. The lowest BCUT2D eigenvalue weighted by Gasteiger charge is -2.06. The Labute approximate surface area is 87.3 Å². The maximum absolute atomic E-state index is 10.5. The van der Waals surface area contributed by atoms with Crippen molar-refractivity contribution in [1.29, 1.82) is 0 Å². The van der Waals surface area contributed by atoms with Gasteiger partial charge < -0.3 is 4.74 Å². The van der Waals surface area contributed by atoms with Gasteiger partial charge in [0, 0.05) is 6.92 Å². The third-order valence-corrected chi connectivity index (χ3v) is 2.35. The lowest BCUT2D eigenvalue weighted by atomic mass is 10.0. The van der Waals surface area contributed by atoms with Gasteiger partial charge >= 0.3 is 5.97 Å². The number of rotatable bonds is 6. The second kappa shape index (κ2) is 7.60. The average molecular weight is 198 g/mol. The van der Waals surface area contributed by atoms with Gasteiger partial charge in [0.25, 0.3) is 0 Å². The lowest BCUT2D eigenvalue weighted by molar-refractivity contribution is -0.139. The van der Waals surface area contributed by atoms with E-state index in [4.69, 9.17) is 4.74 Å². The number of hydrogen-bond acceptors (Lipinski definition) is 2. The Balaban J connectivity index is 3.60. The van der Waals surface area contributed by atoms with Gasteiger partial charge in [0.05, 0.1) is 0 Å². The van der Waals surface area contributed by atoms with Gasteiger partial charge in [-0.3, -0.25) is 4.79 Å². The molecule has 0 heterocycles. The maximum Gasteiger partial charge on any atom is 0.302 e. The number of hydrogen-bond donors (Lipinski definition) is 0. The molecule has 0 aliphatic carbocycles. The molecule has 2 nitrogen and oxygen atoms in total. The van der Waals surface area contributed by atoms with Gasteiger partial charge in [-0.2, -0.15) is 0 Å². The van der Waals surface area contributed by atoms with E-state index in [0.717, 1.165) is 17.9 Å². The molecule has 0 aromatic heterocycles. The van der Waals surface area contributed by atoms with Gasteiger partial charge in [-0.25, -0.2) is 0 Å². The second-order valence-corrected chi connectivity index (χ2v) is 3.92. The summed E-state index contributed by atoms with van der Waals surface area (Å²) in [4.78, 5) is 10.5. The highest BCUT2D eigenvalue weighted by Gasteiger charge is 1.97. The van der Waals surface area contributed by atoms with E-state index in [2.05, 4.69) is 19.9 Å². The number of ether oxygens (including phenoxy) is 1. The van der Waals surface area contributed by atoms with Crippen LogP contribution in [0.15, 0.2) is 11.6 Å². The lowest BCUT2D eigenvalue weighted by Crippen LogP contribution is -2.01. The van der Waals surface area contributed by atoms with Crippen LogP contribution in [0.3, 0.4) is 0 Å².